The second-order valence-electron chi connectivity index (χ2n) is 4.63. The van der Waals surface area contributed by atoms with Crippen molar-refractivity contribution < 1.29 is 9.90 Å². The molecule has 0 atom stereocenters. The number of carbonyl (C=O) groups is 1. The molecular formula is C16H13NO2S. The summed E-state index contributed by atoms with van der Waals surface area (Å²) in [6.07, 6.45) is -0.00307. The van der Waals surface area contributed by atoms with Crippen LogP contribution in [0.3, 0.4) is 0 Å². The summed E-state index contributed by atoms with van der Waals surface area (Å²) in [7, 11) is 0. The Morgan fingerprint density at radius 2 is 2.05 bits per heavy atom. The van der Waals surface area contributed by atoms with Crippen molar-refractivity contribution >= 4 is 28.2 Å². The van der Waals surface area contributed by atoms with Gasteiger partial charge >= 0.3 is 5.97 Å². The summed E-state index contributed by atoms with van der Waals surface area (Å²) in [6.45, 7) is 1.97. The van der Waals surface area contributed by atoms with Crippen molar-refractivity contribution in [1.82, 2.24) is 4.98 Å². The molecule has 0 bridgehead atoms. The first-order valence-corrected chi connectivity index (χ1v) is 7.18. The highest BCUT2D eigenvalue weighted by Crippen LogP contribution is 2.32. The lowest BCUT2D eigenvalue weighted by atomic mass is 9.98. The molecule has 0 aliphatic carbocycles. The van der Waals surface area contributed by atoms with Gasteiger partial charge in [0.2, 0.25) is 0 Å². The van der Waals surface area contributed by atoms with Gasteiger partial charge in [-0.15, -0.1) is 11.3 Å². The van der Waals surface area contributed by atoms with Crippen molar-refractivity contribution in [3.8, 4) is 10.6 Å². The summed E-state index contributed by atoms with van der Waals surface area (Å²) in [4.78, 5) is 16.8. The second-order valence-corrected chi connectivity index (χ2v) is 5.58. The maximum absolute atomic E-state index is 11.2. The SMILES string of the molecule is Cc1c(CC(=O)O)c(-c2cccs2)nc2ccccc12. The van der Waals surface area contributed by atoms with E-state index in [1.54, 1.807) is 11.3 Å². The molecule has 0 saturated heterocycles. The lowest BCUT2D eigenvalue weighted by Gasteiger charge is -2.12. The van der Waals surface area contributed by atoms with Crippen molar-refractivity contribution in [2.75, 3.05) is 0 Å². The van der Waals surface area contributed by atoms with Gasteiger partial charge in [-0.2, -0.15) is 0 Å². The average Bonchev–Trinajstić information content (AvgIpc) is 2.95. The normalized spacial score (nSPS) is 10.8. The Morgan fingerprint density at radius 3 is 2.75 bits per heavy atom. The van der Waals surface area contributed by atoms with Gasteiger partial charge in [-0.05, 0) is 35.6 Å². The van der Waals surface area contributed by atoms with Crippen molar-refractivity contribution in [1.29, 1.82) is 0 Å². The summed E-state index contributed by atoms with van der Waals surface area (Å²) < 4.78 is 0. The number of aromatic nitrogens is 1. The van der Waals surface area contributed by atoms with E-state index in [1.165, 1.54) is 0 Å². The van der Waals surface area contributed by atoms with Crippen LogP contribution < -0.4 is 0 Å². The number of pyridine rings is 1. The first-order chi connectivity index (χ1) is 9.66. The molecule has 1 aromatic carbocycles. The predicted molar refractivity (Wildman–Crippen MR) is 81.1 cm³/mol. The molecule has 0 fully saturated rings. The maximum atomic E-state index is 11.2. The van der Waals surface area contributed by atoms with E-state index < -0.39 is 5.97 Å². The van der Waals surface area contributed by atoms with Gasteiger partial charge in [-0.25, -0.2) is 4.98 Å². The van der Waals surface area contributed by atoms with Gasteiger partial charge in [-0.3, -0.25) is 4.79 Å². The number of aliphatic carboxylic acids is 1. The minimum absolute atomic E-state index is 0.00307. The van der Waals surface area contributed by atoms with Crippen LogP contribution >= 0.6 is 11.3 Å². The summed E-state index contributed by atoms with van der Waals surface area (Å²) in [5.74, 6) is -0.831. The van der Waals surface area contributed by atoms with Crippen LogP contribution in [0.5, 0.6) is 0 Å². The van der Waals surface area contributed by atoms with Crippen LogP contribution in [0, 0.1) is 6.92 Å². The van der Waals surface area contributed by atoms with E-state index in [-0.39, 0.29) is 6.42 Å². The van der Waals surface area contributed by atoms with Gasteiger partial charge in [0.15, 0.2) is 0 Å². The Hall–Kier alpha value is -2.20. The molecule has 0 saturated carbocycles. The first kappa shape index (κ1) is 12.8. The third-order valence-electron chi connectivity index (χ3n) is 3.36. The van der Waals surface area contributed by atoms with E-state index in [2.05, 4.69) is 4.98 Å². The van der Waals surface area contributed by atoms with E-state index in [1.807, 2.05) is 48.7 Å². The molecule has 0 aliphatic rings. The summed E-state index contributed by atoms with van der Waals surface area (Å²) in [5, 5.41) is 12.2. The third-order valence-corrected chi connectivity index (χ3v) is 4.24. The Balaban J connectivity index is 2.33. The minimum atomic E-state index is -0.831. The molecule has 4 heteroatoms. The van der Waals surface area contributed by atoms with Crippen LogP contribution in [0.2, 0.25) is 0 Å². The van der Waals surface area contributed by atoms with Gasteiger partial charge in [0, 0.05) is 5.39 Å². The van der Waals surface area contributed by atoms with Crippen LogP contribution in [0.1, 0.15) is 11.1 Å². The summed E-state index contributed by atoms with van der Waals surface area (Å²) >= 11 is 1.58. The number of para-hydroxylation sites is 1. The molecule has 3 nitrogen and oxygen atoms in total. The number of thiophene rings is 1. The number of carboxylic acids is 1. The quantitative estimate of drug-likeness (QED) is 0.793. The third kappa shape index (κ3) is 2.18. The molecule has 3 rings (SSSR count). The Morgan fingerprint density at radius 1 is 1.25 bits per heavy atom. The average molecular weight is 283 g/mol. The largest absolute Gasteiger partial charge is 0.481 e. The number of hydrogen-bond acceptors (Lipinski definition) is 3. The van der Waals surface area contributed by atoms with E-state index in [0.29, 0.717) is 0 Å². The van der Waals surface area contributed by atoms with Crippen LogP contribution in [0.15, 0.2) is 41.8 Å². The zero-order valence-corrected chi connectivity index (χ0v) is 11.8. The summed E-state index contributed by atoms with van der Waals surface area (Å²) in [5.41, 5.74) is 3.50. The highest BCUT2D eigenvalue weighted by atomic mass is 32.1. The fourth-order valence-electron chi connectivity index (χ4n) is 2.40. The predicted octanol–water partition coefficient (Wildman–Crippen LogP) is 3.90. The maximum Gasteiger partial charge on any atom is 0.307 e. The first-order valence-electron chi connectivity index (χ1n) is 6.30. The van der Waals surface area contributed by atoms with Gasteiger partial charge in [-0.1, -0.05) is 24.3 Å². The number of rotatable bonds is 3. The van der Waals surface area contributed by atoms with Gasteiger partial charge < -0.3 is 5.11 Å². The minimum Gasteiger partial charge on any atom is -0.481 e. The van der Waals surface area contributed by atoms with Crippen LogP contribution in [0.25, 0.3) is 21.5 Å². The topological polar surface area (TPSA) is 50.2 Å². The zero-order chi connectivity index (χ0) is 14.1. The highest BCUT2D eigenvalue weighted by molar-refractivity contribution is 7.13. The number of carboxylic acid groups (broad SMARTS) is 1. The van der Waals surface area contributed by atoms with Gasteiger partial charge in [0.1, 0.15) is 0 Å². The molecule has 3 aromatic rings. The smallest absolute Gasteiger partial charge is 0.307 e. The van der Waals surface area contributed by atoms with Crippen molar-refractivity contribution in [3.63, 3.8) is 0 Å². The summed E-state index contributed by atoms with van der Waals surface area (Å²) in [6, 6.07) is 11.8. The standard InChI is InChI=1S/C16H13NO2S/c1-10-11-5-2-3-6-13(11)17-16(12(10)9-15(18)19)14-7-4-8-20-14/h2-8H,9H2,1H3,(H,18,19). The molecule has 0 spiro atoms. The fourth-order valence-corrected chi connectivity index (χ4v) is 3.14. The zero-order valence-electron chi connectivity index (χ0n) is 11.0. The van der Waals surface area contributed by atoms with Gasteiger partial charge in [0.05, 0.1) is 22.5 Å². The number of fused-ring (bicyclic) bond motifs is 1. The number of aryl methyl sites for hydroxylation is 1. The second kappa shape index (κ2) is 5.06. The molecule has 0 radical (unpaired) electrons. The monoisotopic (exact) mass is 283 g/mol. The number of benzene rings is 1. The molecule has 0 unspecified atom stereocenters. The number of nitrogens with zero attached hydrogens (tertiary/aromatic N) is 1. The van der Waals surface area contributed by atoms with E-state index >= 15 is 0 Å². The van der Waals surface area contributed by atoms with Gasteiger partial charge in [0.25, 0.3) is 0 Å². The molecule has 20 heavy (non-hydrogen) atoms. The number of hydrogen-bond donors (Lipinski definition) is 1. The van der Waals surface area contributed by atoms with Crippen molar-refractivity contribution in [2.45, 2.75) is 13.3 Å². The van der Waals surface area contributed by atoms with Crippen LogP contribution in [-0.4, -0.2) is 16.1 Å². The Kier molecular flexibility index (Phi) is 3.24. The molecule has 0 aliphatic heterocycles. The van der Waals surface area contributed by atoms with E-state index in [4.69, 9.17) is 5.11 Å². The van der Waals surface area contributed by atoms with Crippen molar-refractivity contribution in [3.05, 3.63) is 52.9 Å². The van der Waals surface area contributed by atoms with Crippen molar-refractivity contribution in [2.24, 2.45) is 0 Å². The lowest BCUT2D eigenvalue weighted by molar-refractivity contribution is -0.136. The molecule has 2 heterocycles. The van der Waals surface area contributed by atoms with Crippen LogP contribution in [0.4, 0.5) is 0 Å². The lowest BCUT2D eigenvalue weighted by Crippen LogP contribution is -2.06. The molecule has 1 N–H and O–H groups in total. The highest BCUT2D eigenvalue weighted by Gasteiger charge is 2.16. The van der Waals surface area contributed by atoms with Crippen LogP contribution in [-0.2, 0) is 11.2 Å². The molecule has 0 amide bonds. The molecule has 100 valence electrons. The Labute approximate surface area is 120 Å². The molecular weight excluding hydrogens is 270 g/mol. The molecule has 2 aromatic heterocycles. The van der Waals surface area contributed by atoms with E-state index in [9.17, 15) is 4.79 Å². The van der Waals surface area contributed by atoms with E-state index in [0.717, 1.165) is 32.6 Å². The fraction of sp³-hybridized carbons (Fsp3) is 0.125. The Bertz CT molecular complexity index is 779.